The Bertz CT molecular complexity index is 472. The summed E-state index contributed by atoms with van der Waals surface area (Å²) in [6.45, 7) is 3.46. The van der Waals surface area contributed by atoms with Crippen molar-refractivity contribution >= 4 is 6.29 Å². The number of nitriles is 1. The number of carbonyl (C=O) groups is 1. The summed E-state index contributed by atoms with van der Waals surface area (Å²) in [5.41, 5.74) is 2.07. The van der Waals surface area contributed by atoms with Gasteiger partial charge in [-0.1, -0.05) is 0 Å². The average molecular weight is 219 g/mol. The molecule has 0 aliphatic heterocycles. The molecule has 4 heteroatoms. The van der Waals surface area contributed by atoms with Crippen LogP contribution in [0.3, 0.4) is 0 Å². The summed E-state index contributed by atoms with van der Waals surface area (Å²) in [4.78, 5) is 11.0. The van der Waals surface area contributed by atoms with Crippen molar-refractivity contribution in [3.8, 4) is 17.6 Å². The zero-order valence-corrected chi connectivity index (χ0v) is 9.75. The van der Waals surface area contributed by atoms with Crippen molar-refractivity contribution in [2.24, 2.45) is 0 Å². The monoisotopic (exact) mass is 219 g/mol. The number of ether oxygens (including phenoxy) is 2. The van der Waals surface area contributed by atoms with E-state index in [1.54, 1.807) is 13.8 Å². The van der Waals surface area contributed by atoms with E-state index in [1.165, 1.54) is 14.2 Å². The van der Waals surface area contributed by atoms with Crippen LogP contribution in [0.25, 0.3) is 0 Å². The standard InChI is InChI=1S/C12H13NO3/c1-7-9(5-13)11(15-3)8(2)10(6-14)12(7)16-4/h6H,1-4H3. The summed E-state index contributed by atoms with van der Waals surface area (Å²) in [5, 5.41) is 9.06. The van der Waals surface area contributed by atoms with Crippen LogP contribution in [0.15, 0.2) is 0 Å². The zero-order valence-electron chi connectivity index (χ0n) is 9.75. The average Bonchev–Trinajstić information content (AvgIpc) is 2.30. The predicted octanol–water partition coefficient (Wildman–Crippen LogP) is 2.00. The van der Waals surface area contributed by atoms with Crippen LogP contribution in [0.2, 0.25) is 0 Å². The van der Waals surface area contributed by atoms with Crippen LogP contribution in [0.4, 0.5) is 0 Å². The van der Waals surface area contributed by atoms with Gasteiger partial charge >= 0.3 is 0 Å². The minimum Gasteiger partial charge on any atom is -0.496 e. The highest BCUT2D eigenvalue weighted by molar-refractivity contribution is 5.85. The maximum Gasteiger partial charge on any atom is 0.154 e. The lowest BCUT2D eigenvalue weighted by Gasteiger charge is -2.16. The molecule has 0 fully saturated rings. The van der Waals surface area contributed by atoms with Gasteiger partial charge in [-0.15, -0.1) is 0 Å². The van der Waals surface area contributed by atoms with E-state index < -0.39 is 0 Å². The number of aldehydes is 1. The van der Waals surface area contributed by atoms with Crippen LogP contribution in [-0.2, 0) is 0 Å². The molecule has 0 aliphatic carbocycles. The first-order valence-electron chi connectivity index (χ1n) is 4.72. The summed E-state index contributed by atoms with van der Waals surface area (Å²) in [7, 11) is 2.95. The lowest BCUT2D eigenvalue weighted by molar-refractivity contribution is 0.111. The van der Waals surface area contributed by atoms with Crippen LogP contribution >= 0.6 is 0 Å². The van der Waals surface area contributed by atoms with Crippen LogP contribution < -0.4 is 9.47 Å². The Morgan fingerprint density at radius 2 is 1.69 bits per heavy atom. The highest BCUT2D eigenvalue weighted by Crippen LogP contribution is 2.36. The molecule has 16 heavy (non-hydrogen) atoms. The Morgan fingerprint density at radius 3 is 2.06 bits per heavy atom. The van der Waals surface area contributed by atoms with Gasteiger partial charge in [0, 0.05) is 11.1 Å². The first kappa shape index (κ1) is 12.1. The van der Waals surface area contributed by atoms with Gasteiger partial charge in [-0.3, -0.25) is 4.79 Å². The highest BCUT2D eigenvalue weighted by Gasteiger charge is 2.20. The van der Waals surface area contributed by atoms with Crippen LogP contribution in [0, 0.1) is 25.2 Å². The zero-order chi connectivity index (χ0) is 12.3. The van der Waals surface area contributed by atoms with Crippen LogP contribution in [0.1, 0.15) is 27.0 Å². The largest absolute Gasteiger partial charge is 0.496 e. The summed E-state index contributed by atoms with van der Waals surface area (Å²) in [6, 6.07) is 2.06. The molecule has 0 unspecified atom stereocenters. The summed E-state index contributed by atoms with van der Waals surface area (Å²) < 4.78 is 10.3. The molecular formula is C12H13NO3. The van der Waals surface area contributed by atoms with Gasteiger partial charge in [0.25, 0.3) is 0 Å². The molecule has 0 heterocycles. The fourth-order valence-corrected chi connectivity index (χ4v) is 1.76. The minimum absolute atomic E-state index is 0.405. The third-order valence-electron chi connectivity index (χ3n) is 2.57. The second kappa shape index (κ2) is 4.67. The van der Waals surface area contributed by atoms with Gasteiger partial charge in [0.05, 0.1) is 19.8 Å². The Balaban J connectivity index is 3.76. The second-order valence-electron chi connectivity index (χ2n) is 3.33. The molecule has 0 spiro atoms. The van der Waals surface area contributed by atoms with Crippen molar-refractivity contribution in [1.29, 1.82) is 5.26 Å². The maximum absolute atomic E-state index is 11.0. The van der Waals surface area contributed by atoms with Gasteiger partial charge < -0.3 is 9.47 Å². The molecule has 0 aromatic heterocycles. The first-order chi connectivity index (χ1) is 7.62. The number of rotatable bonds is 3. The number of hydrogen-bond donors (Lipinski definition) is 0. The fraction of sp³-hybridized carbons (Fsp3) is 0.333. The number of nitrogens with zero attached hydrogens (tertiary/aromatic N) is 1. The van der Waals surface area contributed by atoms with Gasteiger partial charge in [0.1, 0.15) is 23.1 Å². The molecule has 0 saturated carbocycles. The number of hydrogen-bond acceptors (Lipinski definition) is 4. The van der Waals surface area contributed by atoms with E-state index >= 15 is 0 Å². The van der Waals surface area contributed by atoms with Crippen molar-refractivity contribution in [1.82, 2.24) is 0 Å². The molecule has 1 aromatic carbocycles. The van der Waals surface area contributed by atoms with Gasteiger partial charge in [0.15, 0.2) is 6.29 Å². The van der Waals surface area contributed by atoms with Crippen molar-refractivity contribution < 1.29 is 14.3 Å². The lowest BCUT2D eigenvalue weighted by Crippen LogP contribution is -2.03. The molecular weight excluding hydrogens is 206 g/mol. The molecule has 0 radical (unpaired) electrons. The van der Waals surface area contributed by atoms with Crippen LogP contribution in [-0.4, -0.2) is 20.5 Å². The highest BCUT2D eigenvalue weighted by atomic mass is 16.5. The molecule has 0 amide bonds. The van der Waals surface area contributed by atoms with Crippen molar-refractivity contribution in [3.63, 3.8) is 0 Å². The van der Waals surface area contributed by atoms with Gasteiger partial charge in [-0.2, -0.15) is 5.26 Å². The third kappa shape index (κ3) is 1.61. The SMILES string of the molecule is COc1c(C)c(C=O)c(OC)c(C)c1C#N. The van der Waals surface area contributed by atoms with E-state index in [1.807, 2.05) is 0 Å². The minimum atomic E-state index is 0.405. The quantitative estimate of drug-likeness (QED) is 0.729. The van der Waals surface area contributed by atoms with Crippen molar-refractivity contribution in [2.45, 2.75) is 13.8 Å². The summed E-state index contributed by atoms with van der Waals surface area (Å²) >= 11 is 0. The smallest absolute Gasteiger partial charge is 0.154 e. The molecule has 0 atom stereocenters. The van der Waals surface area contributed by atoms with E-state index in [9.17, 15) is 4.79 Å². The van der Waals surface area contributed by atoms with E-state index in [0.29, 0.717) is 40.0 Å². The summed E-state index contributed by atoms with van der Waals surface area (Å²) in [6.07, 6.45) is 0.713. The van der Waals surface area contributed by atoms with E-state index in [-0.39, 0.29) is 0 Å². The fourth-order valence-electron chi connectivity index (χ4n) is 1.76. The van der Waals surface area contributed by atoms with E-state index in [2.05, 4.69) is 6.07 Å². The number of methoxy groups -OCH3 is 2. The number of carbonyl (C=O) groups excluding carboxylic acids is 1. The Morgan fingerprint density at radius 1 is 1.12 bits per heavy atom. The lowest BCUT2D eigenvalue weighted by atomic mass is 9.98. The predicted molar refractivity (Wildman–Crippen MR) is 59.1 cm³/mol. The topological polar surface area (TPSA) is 59.3 Å². The molecule has 0 aliphatic rings. The molecule has 0 saturated heterocycles. The van der Waals surface area contributed by atoms with E-state index in [0.717, 1.165) is 0 Å². The van der Waals surface area contributed by atoms with Gasteiger partial charge in [-0.05, 0) is 13.8 Å². The molecule has 1 rings (SSSR count). The maximum atomic E-state index is 11.0. The third-order valence-corrected chi connectivity index (χ3v) is 2.57. The van der Waals surface area contributed by atoms with Crippen LogP contribution in [0.5, 0.6) is 11.5 Å². The summed E-state index contributed by atoms with van der Waals surface area (Å²) in [5.74, 6) is 0.868. The second-order valence-corrected chi connectivity index (χ2v) is 3.33. The molecule has 0 bridgehead atoms. The Hall–Kier alpha value is -2.02. The molecule has 84 valence electrons. The molecule has 1 aromatic rings. The van der Waals surface area contributed by atoms with Crippen molar-refractivity contribution in [3.05, 3.63) is 22.3 Å². The molecule has 0 N–H and O–H groups in total. The first-order valence-corrected chi connectivity index (χ1v) is 4.72. The normalized spacial score (nSPS) is 9.44. The Labute approximate surface area is 94.4 Å². The number of benzene rings is 1. The van der Waals surface area contributed by atoms with Gasteiger partial charge in [0.2, 0.25) is 0 Å². The van der Waals surface area contributed by atoms with E-state index in [4.69, 9.17) is 14.7 Å². The van der Waals surface area contributed by atoms with Crippen molar-refractivity contribution in [2.75, 3.05) is 14.2 Å². The molecule has 4 nitrogen and oxygen atoms in total. The van der Waals surface area contributed by atoms with Gasteiger partial charge in [-0.25, -0.2) is 0 Å². The Kier molecular flexibility index (Phi) is 3.51.